The molecule has 0 aliphatic carbocycles. The number of nitrogens with zero attached hydrogens (tertiary/aromatic N) is 2. The molecule has 3 rings (SSSR count). The van der Waals surface area contributed by atoms with E-state index >= 15 is 0 Å². The summed E-state index contributed by atoms with van der Waals surface area (Å²) in [6, 6.07) is 13.3. The van der Waals surface area contributed by atoms with Crippen LogP contribution in [0.3, 0.4) is 0 Å². The maximum atomic E-state index is 13.7. The maximum absolute atomic E-state index is 13.7. The number of likely N-dealkylation sites (tertiary alicyclic amines) is 1. The fourth-order valence-electron chi connectivity index (χ4n) is 5.90. The number of rotatable bonds is 17. The Hall–Kier alpha value is -2.97. The molecule has 0 radical (unpaired) electrons. The number of hydrogen-bond acceptors (Lipinski definition) is 5. The number of carbonyl (C=O) groups excluding carboxylic acids is 3. The molecule has 8 heteroatoms. The highest BCUT2D eigenvalue weighted by Crippen LogP contribution is 2.27. The highest BCUT2D eigenvalue weighted by molar-refractivity contribution is 5.86. The van der Waals surface area contributed by atoms with Gasteiger partial charge in [0.1, 0.15) is 12.2 Å². The van der Waals surface area contributed by atoms with Crippen molar-refractivity contribution in [3.63, 3.8) is 0 Å². The van der Waals surface area contributed by atoms with Gasteiger partial charge in [-0.1, -0.05) is 83.0 Å². The molecule has 2 unspecified atom stereocenters. The molecule has 3 atom stereocenters. The topological polar surface area (TPSA) is 102 Å². The molecule has 2 aromatic rings. The monoisotopic (exact) mass is 566 g/mol. The normalized spacial score (nSPS) is 16.8. The lowest BCUT2D eigenvalue weighted by molar-refractivity contribution is -0.147. The molecule has 0 spiro atoms. The lowest BCUT2D eigenvalue weighted by Gasteiger charge is -2.38. The molecule has 8 nitrogen and oxygen atoms in total. The Labute approximate surface area is 245 Å². The van der Waals surface area contributed by atoms with E-state index in [-0.39, 0.29) is 24.3 Å². The van der Waals surface area contributed by atoms with Gasteiger partial charge in [-0.2, -0.15) is 0 Å². The second-order valence-corrected chi connectivity index (χ2v) is 11.4. The highest BCUT2D eigenvalue weighted by Gasteiger charge is 2.39. The van der Waals surface area contributed by atoms with Crippen LogP contribution in [-0.4, -0.2) is 77.6 Å². The molecular weight excluding hydrogens is 516 g/mol. The molecule has 1 heterocycles. The van der Waals surface area contributed by atoms with Crippen LogP contribution in [-0.2, 0) is 20.8 Å². The van der Waals surface area contributed by atoms with E-state index in [0.29, 0.717) is 31.8 Å². The van der Waals surface area contributed by atoms with Crippen molar-refractivity contribution < 1.29 is 19.5 Å². The zero-order valence-corrected chi connectivity index (χ0v) is 25.4. The number of nitrogens with one attached hydrogen (secondary N) is 2. The summed E-state index contributed by atoms with van der Waals surface area (Å²) in [6.07, 6.45) is 4.86. The predicted octanol–water partition coefficient (Wildman–Crippen LogP) is 4.10. The summed E-state index contributed by atoms with van der Waals surface area (Å²) >= 11 is 0. The van der Waals surface area contributed by atoms with E-state index in [1.165, 1.54) is 4.90 Å². The van der Waals surface area contributed by atoms with Gasteiger partial charge in [0.15, 0.2) is 0 Å². The van der Waals surface area contributed by atoms with E-state index in [2.05, 4.69) is 30.5 Å². The molecule has 1 aliphatic rings. The number of aliphatic hydroxyl groups is 1. The van der Waals surface area contributed by atoms with Gasteiger partial charge in [-0.25, -0.2) is 0 Å². The van der Waals surface area contributed by atoms with Gasteiger partial charge in [-0.15, -0.1) is 0 Å². The average Bonchev–Trinajstić information content (AvgIpc) is 3.48. The molecule has 1 aliphatic heterocycles. The van der Waals surface area contributed by atoms with Crippen LogP contribution in [0.2, 0.25) is 0 Å². The van der Waals surface area contributed by atoms with E-state index in [1.807, 2.05) is 50.2 Å². The Morgan fingerprint density at radius 3 is 2.37 bits per heavy atom. The van der Waals surface area contributed by atoms with Crippen LogP contribution in [0.5, 0.6) is 0 Å². The quantitative estimate of drug-likeness (QED) is 0.250. The van der Waals surface area contributed by atoms with Gasteiger partial charge in [-0.05, 0) is 54.5 Å². The van der Waals surface area contributed by atoms with Crippen molar-refractivity contribution in [1.82, 2.24) is 20.4 Å². The average molecular weight is 567 g/mol. The number of aliphatic hydroxyl groups excluding tert-OH is 1. The van der Waals surface area contributed by atoms with Crippen molar-refractivity contribution in [3.05, 3.63) is 48.0 Å². The van der Waals surface area contributed by atoms with Crippen molar-refractivity contribution in [1.29, 1.82) is 0 Å². The first-order chi connectivity index (χ1) is 19.9. The molecule has 1 fully saturated rings. The van der Waals surface area contributed by atoms with E-state index < -0.39 is 18.3 Å². The number of hydrogen-bond donors (Lipinski definition) is 3. The Balaban J connectivity index is 1.80. The fraction of sp³-hybridized carbons (Fsp3) is 0.606. The van der Waals surface area contributed by atoms with Gasteiger partial charge in [0.2, 0.25) is 18.2 Å². The molecule has 3 amide bonds. The Kier molecular flexibility index (Phi) is 13.1. The Morgan fingerprint density at radius 2 is 1.71 bits per heavy atom. The first-order valence-corrected chi connectivity index (χ1v) is 15.5. The van der Waals surface area contributed by atoms with Crippen LogP contribution in [0.4, 0.5) is 0 Å². The van der Waals surface area contributed by atoms with Gasteiger partial charge in [0.25, 0.3) is 0 Å². The van der Waals surface area contributed by atoms with Crippen molar-refractivity contribution in [3.8, 4) is 0 Å². The van der Waals surface area contributed by atoms with Crippen LogP contribution in [0.1, 0.15) is 71.8 Å². The summed E-state index contributed by atoms with van der Waals surface area (Å²) in [6.45, 7) is 10.2. The summed E-state index contributed by atoms with van der Waals surface area (Å²) < 4.78 is 0. The van der Waals surface area contributed by atoms with Crippen molar-refractivity contribution in [2.45, 2.75) is 91.0 Å². The smallest absolute Gasteiger partial charge is 0.243 e. The van der Waals surface area contributed by atoms with Gasteiger partial charge < -0.3 is 25.5 Å². The van der Waals surface area contributed by atoms with Crippen LogP contribution >= 0.6 is 0 Å². The standard InChI is InChI=1S/C33H50N4O4/c1-5-24(6-2)20-34-21-29(39)22-35-32(40)30(19-25-15-16-27-12-9-10-13-28(27)18-25)37(23-38)31-14-11-17-36(31)33(41)26(7-3)8-4/h9-10,12-13,15-16,18,23-24,26,29-31,34,39H,5-8,11,14,17,19-22H2,1-4H3,(H,35,40)/t29?,30-,31?/m1/s1. The zero-order valence-electron chi connectivity index (χ0n) is 25.4. The number of carbonyl (C=O) groups is 3. The Morgan fingerprint density at radius 1 is 1.00 bits per heavy atom. The summed E-state index contributed by atoms with van der Waals surface area (Å²) in [5.74, 6) is 0.181. The minimum absolute atomic E-state index is 0.0492. The summed E-state index contributed by atoms with van der Waals surface area (Å²) in [7, 11) is 0. The molecule has 0 aromatic heterocycles. The van der Waals surface area contributed by atoms with Crippen LogP contribution in [0.25, 0.3) is 10.8 Å². The van der Waals surface area contributed by atoms with E-state index in [9.17, 15) is 19.5 Å². The minimum atomic E-state index is -0.821. The van der Waals surface area contributed by atoms with E-state index in [4.69, 9.17) is 0 Å². The molecule has 0 bridgehead atoms. The number of benzene rings is 2. The van der Waals surface area contributed by atoms with Crippen molar-refractivity contribution in [2.24, 2.45) is 11.8 Å². The molecule has 41 heavy (non-hydrogen) atoms. The van der Waals surface area contributed by atoms with Crippen molar-refractivity contribution in [2.75, 3.05) is 26.2 Å². The SMILES string of the molecule is CCC(CC)CNCC(O)CNC(=O)[C@@H](Cc1ccc2ccccc2c1)N(C=O)C1CCCN1C(=O)C(CC)CC. The first kappa shape index (κ1) is 32.5. The first-order valence-electron chi connectivity index (χ1n) is 15.5. The number of amides is 3. The third kappa shape index (κ3) is 8.76. The molecular formula is C33H50N4O4. The predicted molar refractivity (Wildman–Crippen MR) is 164 cm³/mol. The van der Waals surface area contributed by atoms with Gasteiger partial charge in [-0.3, -0.25) is 14.4 Å². The molecule has 226 valence electrons. The summed E-state index contributed by atoms with van der Waals surface area (Å²) in [4.78, 5) is 43.1. The third-order valence-corrected chi connectivity index (χ3v) is 8.69. The van der Waals surface area contributed by atoms with E-state index in [0.717, 1.165) is 61.4 Å². The summed E-state index contributed by atoms with van der Waals surface area (Å²) in [5, 5.41) is 18.9. The largest absolute Gasteiger partial charge is 0.390 e. The zero-order chi connectivity index (χ0) is 29.8. The van der Waals surface area contributed by atoms with Gasteiger partial charge in [0.05, 0.1) is 6.10 Å². The van der Waals surface area contributed by atoms with Crippen LogP contribution < -0.4 is 10.6 Å². The fourth-order valence-corrected chi connectivity index (χ4v) is 5.90. The van der Waals surface area contributed by atoms with E-state index in [1.54, 1.807) is 4.90 Å². The second kappa shape index (κ2) is 16.5. The second-order valence-electron chi connectivity index (χ2n) is 11.4. The van der Waals surface area contributed by atoms with Gasteiger partial charge in [0, 0.05) is 32.0 Å². The molecule has 2 aromatic carbocycles. The Bertz CT molecular complexity index is 1120. The van der Waals surface area contributed by atoms with Crippen LogP contribution in [0.15, 0.2) is 42.5 Å². The van der Waals surface area contributed by atoms with Crippen molar-refractivity contribution >= 4 is 29.0 Å². The minimum Gasteiger partial charge on any atom is -0.390 e. The molecule has 1 saturated heterocycles. The third-order valence-electron chi connectivity index (χ3n) is 8.69. The van der Waals surface area contributed by atoms with Gasteiger partial charge >= 0.3 is 0 Å². The number of fused-ring (bicyclic) bond motifs is 1. The summed E-state index contributed by atoms with van der Waals surface area (Å²) in [5.41, 5.74) is 0.930. The molecule has 0 saturated carbocycles. The highest BCUT2D eigenvalue weighted by atomic mass is 16.3. The maximum Gasteiger partial charge on any atom is 0.243 e. The van der Waals surface area contributed by atoms with Crippen LogP contribution in [0, 0.1) is 11.8 Å². The lowest BCUT2D eigenvalue weighted by atomic mass is 9.99. The molecule has 3 N–H and O–H groups in total. The lowest BCUT2D eigenvalue weighted by Crippen LogP contribution is -2.57.